The molecule has 3 aromatic heterocycles. The van der Waals surface area contributed by atoms with E-state index in [-0.39, 0.29) is 11.9 Å². The minimum Gasteiger partial charge on any atom is -0.368 e. The molecule has 1 aliphatic carbocycles. The Kier molecular flexibility index (Phi) is 7.37. The van der Waals surface area contributed by atoms with E-state index in [0.717, 1.165) is 68.8 Å². The minimum atomic E-state index is -0.469. The van der Waals surface area contributed by atoms with Gasteiger partial charge in [-0.05, 0) is 43.9 Å². The van der Waals surface area contributed by atoms with E-state index in [1.807, 2.05) is 18.3 Å². The second-order valence-corrected chi connectivity index (χ2v) is 11.1. The third kappa shape index (κ3) is 5.30. The van der Waals surface area contributed by atoms with Crippen molar-refractivity contribution in [2.24, 2.45) is 0 Å². The first-order valence-electron chi connectivity index (χ1n) is 14.2. The Hall–Kier alpha value is -3.28. The number of carbonyl (C=O) groups is 1. The van der Waals surface area contributed by atoms with E-state index in [2.05, 4.69) is 40.6 Å². The van der Waals surface area contributed by atoms with Crippen LogP contribution < -0.4 is 10.2 Å². The fourth-order valence-electron chi connectivity index (χ4n) is 6.17. The highest BCUT2D eigenvalue weighted by molar-refractivity contribution is 5.97. The van der Waals surface area contributed by atoms with Gasteiger partial charge in [-0.2, -0.15) is 4.98 Å². The van der Waals surface area contributed by atoms with Gasteiger partial charge in [0.15, 0.2) is 6.35 Å². The molecule has 1 unspecified atom stereocenters. The Bertz CT molecular complexity index is 1290. The lowest BCUT2D eigenvalue weighted by atomic mass is 10.2. The number of amides is 1. The molecular weight excluding hydrogens is 494 g/mol. The predicted octanol–water partition coefficient (Wildman–Crippen LogP) is 2.88. The van der Waals surface area contributed by atoms with Gasteiger partial charge >= 0.3 is 0 Å². The zero-order valence-corrected chi connectivity index (χ0v) is 23.0. The van der Waals surface area contributed by atoms with E-state index in [1.165, 1.54) is 25.7 Å². The summed E-state index contributed by atoms with van der Waals surface area (Å²) in [5.41, 5.74) is 2.52. The van der Waals surface area contributed by atoms with Crippen LogP contribution in [0.4, 0.5) is 17.5 Å². The van der Waals surface area contributed by atoms with Crippen molar-refractivity contribution in [2.45, 2.75) is 50.9 Å². The molecule has 2 saturated heterocycles. The summed E-state index contributed by atoms with van der Waals surface area (Å²) in [4.78, 5) is 35.2. The van der Waals surface area contributed by atoms with Gasteiger partial charge in [0.2, 0.25) is 5.95 Å². The number of hydrogen-bond donors (Lipinski definition) is 2. The van der Waals surface area contributed by atoms with Crippen molar-refractivity contribution in [1.29, 1.82) is 0 Å². The van der Waals surface area contributed by atoms with Crippen LogP contribution in [0.25, 0.3) is 11.0 Å². The molecule has 2 aliphatic heterocycles. The zero-order chi connectivity index (χ0) is 26.9. The average molecular weight is 534 g/mol. The lowest BCUT2D eigenvalue weighted by Gasteiger charge is -2.40. The van der Waals surface area contributed by atoms with Crippen LogP contribution in [0, 0.1) is 0 Å². The molecule has 5 heterocycles. The summed E-state index contributed by atoms with van der Waals surface area (Å²) in [7, 11) is 3.57. The first-order valence-corrected chi connectivity index (χ1v) is 14.2. The van der Waals surface area contributed by atoms with Gasteiger partial charge in [-0.25, -0.2) is 9.97 Å². The SMILES string of the molecule is CN(C)C(=O)c1cc2cnc(Nc3ccc(N4CCN(C(O)N5CCCC5)CC4)cn3)nc2n1C1CCCC1. The predicted molar refractivity (Wildman–Crippen MR) is 151 cm³/mol. The smallest absolute Gasteiger partial charge is 0.270 e. The van der Waals surface area contributed by atoms with Gasteiger partial charge in [-0.1, -0.05) is 12.8 Å². The molecule has 39 heavy (non-hydrogen) atoms. The number of carbonyl (C=O) groups excluding carboxylic acids is 1. The lowest BCUT2D eigenvalue weighted by molar-refractivity contribution is -0.104. The Morgan fingerprint density at radius 3 is 2.36 bits per heavy atom. The van der Waals surface area contributed by atoms with Gasteiger partial charge in [0.05, 0.1) is 11.9 Å². The van der Waals surface area contributed by atoms with Crippen LogP contribution in [0.3, 0.4) is 0 Å². The van der Waals surface area contributed by atoms with Gasteiger partial charge in [-0.3, -0.25) is 14.6 Å². The first-order chi connectivity index (χ1) is 19.0. The summed E-state index contributed by atoms with van der Waals surface area (Å²) in [6, 6.07) is 6.20. The lowest BCUT2D eigenvalue weighted by Crippen LogP contribution is -2.55. The number of anilines is 3. The highest BCUT2D eigenvalue weighted by atomic mass is 16.3. The molecule has 1 amide bonds. The number of aromatic nitrogens is 4. The summed E-state index contributed by atoms with van der Waals surface area (Å²) in [6.07, 6.45) is 9.98. The van der Waals surface area contributed by atoms with Crippen molar-refractivity contribution in [1.82, 2.24) is 34.2 Å². The van der Waals surface area contributed by atoms with Crippen molar-refractivity contribution in [2.75, 3.05) is 63.6 Å². The van der Waals surface area contributed by atoms with Crippen molar-refractivity contribution >= 4 is 34.4 Å². The largest absolute Gasteiger partial charge is 0.368 e. The Morgan fingerprint density at radius 1 is 0.974 bits per heavy atom. The van der Waals surface area contributed by atoms with Gasteiger partial charge in [-0.15, -0.1) is 0 Å². The Balaban J connectivity index is 1.14. The number of likely N-dealkylation sites (tertiary alicyclic amines) is 1. The second-order valence-electron chi connectivity index (χ2n) is 11.1. The number of aliphatic hydroxyl groups is 1. The highest BCUT2D eigenvalue weighted by Gasteiger charge is 2.29. The van der Waals surface area contributed by atoms with Crippen LogP contribution in [-0.2, 0) is 0 Å². The van der Waals surface area contributed by atoms with Crippen molar-refractivity contribution in [3.63, 3.8) is 0 Å². The summed E-state index contributed by atoms with van der Waals surface area (Å²) in [5.74, 6) is 1.12. The van der Waals surface area contributed by atoms with E-state index in [0.29, 0.717) is 17.5 Å². The third-order valence-electron chi connectivity index (χ3n) is 8.35. The van der Waals surface area contributed by atoms with Crippen LogP contribution in [0.2, 0.25) is 0 Å². The second kappa shape index (κ2) is 11.1. The molecule has 3 aliphatic rings. The number of pyridine rings is 1. The van der Waals surface area contributed by atoms with Gasteiger partial charge in [0, 0.05) is 71.0 Å². The minimum absolute atomic E-state index is 0.0157. The fraction of sp³-hybridized carbons (Fsp3) is 0.571. The Labute approximate surface area is 229 Å². The van der Waals surface area contributed by atoms with Crippen molar-refractivity contribution in [3.8, 4) is 0 Å². The molecule has 11 heteroatoms. The number of fused-ring (bicyclic) bond motifs is 1. The number of aliphatic hydroxyl groups excluding tert-OH is 1. The number of piperazine rings is 1. The molecule has 6 rings (SSSR count). The number of hydrogen-bond acceptors (Lipinski definition) is 9. The first kappa shape index (κ1) is 26.0. The monoisotopic (exact) mass is 533 g/mol. The maximum Gasteiger partial charge on any atom is 0.270 e. The molecule has 3 aromatic rings. The number of rotatable bonds is 7. The van der Waals surface area contributed by atoms with E-state index in [9.17, 15) is 9.90 Å². The molecule has 0 radical (unpaired) electrons. The molecule has 208 valence electrons. The van der Waals surface area contributed by atoms with E-state index in [4.69, 9.17) is 4.98 Å². The summed E-state index contributed by atoms with van der Waals surface area (Å²) >= 11 is 0. The fourth-order valence-corrected chi connectivity index (χ4v) is 6.17. The third-order valence-corrected chi connectivity index (χ3v) is 8.35. The maximum absolute atomic E-state index is 13.0. The highest BCUT2D eigenvalue weighted by Crippen LogP contribution is 2.35. The quantitative estimate of drug-likeness (QED) is 0.474. The molecule has 1 atom stereocenters. The number of nitrogens with zero attached hydrogens (tertiary/aromatic N) is 8. The van der Waals surface area contributed by atoms with E-state index >= 15 is 0 Å². The molecule has 3 fully saturated rings. The normalized spacial score (nSPS) is 20.1. The van der Waals surface area contributed by atoms with E-state index in [1.54, 1.807) is 25.2 Å². The van der Waals surface area contributed by atoms with Gasteiger partial charge < -0.3 is 24.8 Å². The van der Waals surface area contributed by atoms with Crippen LogP contribution in [-0.4, -0.2) is 105 Å². The topological polar surface area (TPSA) is 106 Å². The summed E-state index contributed by atoms with van der Waals surface area (Å²) < 4.78 is 2.12. The van der Waals surface area contributed by atoms with Crippen molar-refractivity contribution in [3.05, 3.63) is 36.3 Å². The standard InChI is InChI=1S/C28H39N9O2/c1-33(2)26(38)23-17-20-18-30-27(32-25(20)37(23)21-7-3-4-8-21)31-24-10-9-22(19-29-24)34-13-15-36(16-14-34)28(39)35-11-5-6-12-35/h9-10,17-19,21,28,39H,3-8,11-16H2,1-2H3,(H,29,30,31,32). The average Bonchev–Trinajstić information content (AvgIpc) is 3.74. The van der Waals surface area contributed by atoms with Crippen LogP contribution >= 0.6 is 0 Å². The molecule has 11 nitrogen and oxygen atoms in total. The van der Waals surface area contributed by atoms with E-state index < -0.39 is 6.35 Å². The number of nitrogens with one attached hydrogen (secondary N) is 1. The van der Waals surface area contributed by atoms with Gasteiger partial charge in [0.1, 0.15) is 17.2 Å². The molecule has 0 aromatic carbocycles. The zero-order valence-electron chi connectivity index (χ0n) is 23.0. The molecule has 1 saturated carbocycles. The summed E-state index contributed by atoms with van der Waals surface area (Å²) in [5, 5.41) is 14.8. The van der Waals surface area contributed by atoms with Crippen LogP contribution in [0.1, 0.15) is 55.1 Å². The molecule has 0 bridgehead atoms. The molecule has 2 N–H and O–H groups in total. The Morgan fingerprint density at radius 2 is 1.69 bits per heavy atom. The van der Waals surface area contributed by atoms with Crippen LogP contribution in [0.5, 0.6) is 0 Å². The van der Waals surface area contributed by atoms with Gasteiger partial charge in [0.25, 0.3) is 5.91 Å². The van der Waals surface area contributed by atoms with Crippen LogP contribution in [0.15, 0.2) is 30.6 Å². The maximum atomic E-state index is 13.0. The summed E-state index contributed by atoms with van der Waals surface area (Å²) in [6.45, 7) is 5.32. The molecule has 0 spiro atoms. The van der Waals surface area contributed by atoms with Crippen molar-refractivity contribution < 1.29 is 9.90 Å². The molecular formula is C28H39N9O2.